The molecule has 1 aromatic rings. The lowest BCUT2D eigenvalue weighted by atomic mass is 9.91. The minimum Gasteiger partial charge on any atom is -0.349 e. The summed E-state index contributed by atoms with van der Waals surface area (Å²) in [5.41, 5.74) is 0.487. The highest BCUT2D eigenvalue weighted by Gasteiger charge is 2.57. The molecule has 1 amide bonds. The summed E-state index contributed by atoms with van der Waals surface area (Å²) < 4.78 is 26.6. The van der Waals surface area contributed by atoms with E-state index in [0.717, 1.165) is 38.4 Å². The normalized spacial score (nSPS) is 23.5. The van der Waals surface area contributed by atoms with Crippen molar-refractivity contribution in [2.75, 3.05) is 13.1 Å². The van der Waals surface area contributed by atoms with Gasteiger partial charge in [-0.05, 0) is 50.8 Å². The van der Waals surface area contributed by atoms with Crippen LogP contribution in [-0.4, -0.2) is 19.0 Å². The van der Waals surface area contributed by atoms with E-state index < -0.39 is 17.7 Å². The Balaban J connectivity index is 0.00000176. The first-order chi connectivity index (χ1) is 10.0. The molecule has 1 aliphatic carbocycles. The third kappa shape index (κ3) is 3.25. The van der Waals surface area contributed by atoms with Crippen LogP contribution in [0, 0.1) is 23.0 Å². The Kier molecular flexibility index (Phi) is 5.07. The van der Waals surface area contributed by atoms with Crippen molar-refractivity contribution in [3.8, 4) is 0 Å². The van der Waals surface area contributed by atoms with Gasteiger partial charge >= 0.3 is 0 Å². The Morgan fingerprint density at radius 3 is 2.68 bits per heavy atom. The molecule has 122 valence electrons. The van der Waals surface area contributed by atoms with Gasteiger partial charge in [0.05, 0.1) is 6.04 Å². The van der Waals surface area contributed by atoms with Crippen molar-refractivity contribution in [3.63, 3.8) is 0 Å². The molecule has 6 heteroatoms. The van der Waals surface area contributed by atoms with Crippen molar-refractivity contribution in [1.29, 1.82) is 0 Å². The molecule has 1 saturated carbocycles. The van der Waals surface area contributed by atoms with Crippen LogP contribution >= 0.6 is 12.4 Å². The second-order valence-corrected chi connectivity index (χ2v) is 6.27. The van der Waals surface area contributed by atoms with E-state index in [9.17, 15) is 13.6 Å². The number of carbonyl (C=O) groups excluding carboxylic acids is 1. The molecule has 1 spiro atoms. The van der Waals surface area contributed by atoms with E-state index in [1.165, 1.54) is 12.1 Å². The first-order valence-electron chi connectivity index (χ1n) is 7.48. The van der Waals surface area contributed by atoms with E-state index in [-0.39, 0.29) is 29.6 Å². The number of piperidine rings is 1. The topological polar surface area (TPSA) is 41.1 Å². The molecule has 2 aliphatic rings. The number of carbonyl (C=O) groups is 1. The molecule has 1 aliphatic heterocycles. The van der Waals surface area contributed by atoms with Crippen molar-refractivity contribution in [2.45, 2.75) is 32.2 Å². The summed E-state index contributed by atoms with van der Waals surface area (Å²) in [6.45, 7) is 3.66. The Morgan fingerprint density at radius 2 is 2.05 bits per heavy atom. The van der Waals surface area contributed by atoms with Crippen LogP contribution in [0.5, 0.6) is 0 Å². The van der Waals surface area contributed by atoms with Gasteiger partial charge in [-0.1, -0.05) is 6.07 Å². The van der Waals surface area contributed by atoms with E-state index in [4.69, 9.17) is 0 Å². The average Bonchev–Trinajstić information content (AvgIpc) is 3.13. The quantitative estimate of drug-likeness (QED) is 0.894. The molecule has 22 heavy (non-hydrogen) atoms. The first-order valence-corrected chi connectivity index (χ1v) is 7.48. The maximum Gasteiger partial charge on any atom is 0.224 e. The smallest absolute Gasteiger partial charge is 0.224 e. The van der Waals surface area contributed by atoms with Crippen molar-refractivity contribution >= 4 is 18.3 Å². The van der Waals surface area contributed by atoms with Crippen molar-refractivity contribution in [3.05, 3.63) is 35.4 Å². The van der Waals surface area contributed by atoms with Crippen LogP contribution in [0.15, 0.2) is 18.2 Å². The number of hydrogen-bond donors (Lipinski definition) is 2. The fourth-order valence-corrected chi connectivity index (χ4v) is 3.44. The van der Waals surface area contributed by atoms with Gasteiger partial charge in [0, 0.05) is 17.5 Å². The number of nitrogens with one attached hydrogen (secondary N) is 2. The molecule has 1 saturated heterocycles. The summed E-state index contributed by atoms with van der Waals surface area (Å²) in [7, 11) is 0. The van der Waals surface area contributed by atoms with E-state index >= 15 is 0 Å². The fraction of sp³-hybridized carbons (Fsp3) is 0.562. The molecule has 2 unspecified atom stereocenters. The van der Waals surface area contributed by atoms with Gasteiger partial charge in [0.1, 0.15) is 11.6 Å². The van der Waals surface area contributed by atoms with Crippen LogP contribution in [0.1, 0.15) is 37.8 Å². The minimum absolute atomic E-state index is 0. The molecule has 0 bridgehead atoms. The molecule has 1 heterocycles. The van der Waals surface area contributed by atoms with Gasteiger partial charge in [0.2, 0.25) is 5.91 Å². The molecule has 2 N–H and O–H groups in total. The zero-order valence-electron chi connectivity index (χ0n) is 12.5. The van der Waals surface area contributed by atoms with E-state index in [2.05, 4.69) is 10.6 Å². The fourth-order valence-electron chi connectivity index (χ4n) is 3.44. The van der Waals surface area contributed by atoms with Gasteiger partial charge in [-0.3, -0.25) is 4.79 Å². The SMILES string of the molecule is CC(NC(=O)C1CC12CCNCC2)c1ccc(F)cc1F.Cl. The summed E-state index contributed by atoms with van der Waals surface area (Å²) in [5.74, 6) is -1.18. The number of halogens is 3. The van der Waals surface area contributed by atoms with Crippen LogP contribution in [0.2, 0.25) is 0 Å². The number of amides is 1. The molecular weight excluding hydrogens is 310 g/mol. The highest BCUT2D eigenvalue weighted by atomic mass is 35.5. The Bertz CT molecular complexity index is 561. The molecular formula is C16H21ClF2N2O. The number of benzene rings is 1. The Hall–Kier alpha value is -1.20. The highest BCUT2D eigenvalue weighted by molar-refractivity contribution is 5.85. The standard InChI is InChI=1S/C16H20F2N2O.ClH/c1-10(12-3-2-11(17)8-14(12)18)20-15(21)13-9-16(13)4-6-19-7-5-16;/h2-3,8,10,13,19H,4-7,9H2,1H3,(H,20,21);1H. The first kappa shape index (κ1) is 17.2. The lowest BCUT2D eigenvalue weighted by molar-refractivity contribution is -0.123. The lowest BCUT2D eigenvalue weighted by Crippen LogP contribution is -2.34. The number of hydrogen-bond acceptors (Lipinski definition) is 2. The molecule has 2 atom stereocenters. The predicted octanol–water partition coefficient (Wildman–Crippen LogP) is 2.95. The third-order valence-corrected chi connectivity index (χ3v) is 4.89. The highest BCUT2D eigenvalue weighted by Crippen LogP contribution is 2.58. The van der Waals surface area contributed by atoms with Crippen molar-refractivity contribution in [1.82, 2.24) is 10.6 Å². The van der Waals surface area contributed by atoms with Gasteiger partial charge in [-0.2, -0.15) is 0 Å². The lowest BCUT2D eigenvalue weighted by Gasteiger charge is -2.24. The van der Waals surface area contributed by atoms with Crippen molar-refractivity contribution in [2.24, 2.45) is 11.3 Å². The molecule has 0 radical (unpaired) electrons. The second-order valence-electron chi connectivity index (χ2n) is 6.27. The van der Waals surface area contributed by atoms with Crippen molar-refractivity contribution < 1.29 is 13.6 Å². The van der Waals surface area contributed by atoms with Crippen LogP contribution in [-0.2, 0) is 4.79 Å². The maximum atomic E-state index is 13.7. The van der Waals surface area contributed by atoms with Gasteiger partial charge in [0.25, 0.3) is 0 Å². The molecule has 3 rings (SSSR count). The Labute approximate surface area is 135 Å². The zero-order chi connectivity index (χ0) is 15.0. The summed E-state index contributed by atoms with van der Waals surface area (Å²) >= 11 is 0. The van der Waals surface area contributed by atoms with Gasteiger partial charge in [-0.25, -0.2) is 8.78 Å². The second kappa shape index (κ2) is 6.50. The van der Waals surface area contributed by atoms with Crippen LogP contribution in [0.25, 0.3) is 0 Å². The van der Waals surface area contributed by atoms with E-state index in [1.807, 2.05) is 0 Å². The van der Waals surface area contributed by atoms with E-state index in [0.29, 0.717) is 5.56 Å². The molecule has 1 aromatic carbocycles. The minimum atomic E-state index is -0.616. The summed E-state index contributed by atoms with van der Waals surface area (Å²) in [5, 5.41) is 6.17. The molecule has 3 nitrogen and oxygen atoms in total. The zero-order valence-corrected chi connectivity index (χ0v) is 13.3. The van der Waals surface area contributed by atoms with E-state index in [1.54, 1.807) is 6.92 Å². The van der Waals surface area contributed by atoms with Gasteiger partial charge in [-0.15, -0.1) is 12.4 Å². The largest absolute Gasteiger partial charge is 0.349 e. The number of rotatable bonds is 3. The average molecular weight is 331 g/mol. The van der Waals surface area contributed by atoms with Crippen LogP contribution in [0.3, 0.4) is 0 Å². The molecule has 2 fully saturated rings. The third-order valence-electron chi connectivity index (χ3n) is 4.89. The monoisotopic (exact) mass is 330 g/mol. The molecule has 0 aromatic heterocycles. The van der Waals surface area contributed by atoms with Crippen LogP contribution < -0.4 is 10.6 Å². The predicted molar refractivity (Wildman–Crippen MR) is 82.8 cm³/mol. The van der Waals surface area contributed by atoms with Gasteiger partial charge < -0.3 is 10.6 Å². The summed E-state index contributed by atoms with van der Waals surface area (Å²) in [6.07, 6.45) is 2.99. The summed E-state index contributed by atoms with van der Waals surface area (Å²) in [6, 6.07) is 3.01. The maximum absolute atomic E-state index is 13.7. The Morgan fingerprint density at radius 1 is 1.36 bits per heavy atom. The van der Waals surface area contributed by atoms with Crippen LogP contribution in [0.4, 0.5) is 8.78 Å². The van der Waals surface area contributed by atoms with Gasteiger partial charge in [0.15, 0.2) is 0 Å². The summed E-state index contributed by atoms with van der Waals surface area (Å²) in [4.78, 5) is 12.3.